The van der Waals surface area contributed by atoms with Crippen LogP contribution in [0.5, 0.6) is 0 Å². The largest absolute Gasteiger partial charge is 0.403 e. The molecule has 0 aromatic heterocycles. The molecule has 0 spiro atoms. The summed E-state index contributed by atoms with van der Waals surface area (Å²) in [5.74, 6) is 0.466. The number of benzene rings is 2. The second kappa shape index (κ2) is 15.8. The Morgan fingerprint density at radius 2 is 0.967 bits per heavy atom. The van der Waals surface area contributed by atoms with Crippen molar-refractivity contribution in [3.05, 3.63) is 71.8 Å². The Balaban J connectivity index is 0.00000103. The Bertz CT molecular complexity index is 607. The molecule has 0 bridgehead atoms. The second-order valence-electron chi connectivity index (χ2n) is 7.32. The van der Waals surface area contributed by atoms with Crippen LogP contribution in [0.25, 0.3) is 0 Å². The molecule has 6 nitrogen and oxygen atoms in total. The highest BCUT2D eigenvalue weighted by molar-refractivity contribution is 7.58. The minimum absolute atomic E-state index is 0.142. The maximum absolute atomic E-state index is 8.95. The fourth-order valence-electron chi connectivity index (χ4n) is 3.45. The lowest BCUT2D eigenvalue weighted by atomic mass is 9.87. The SMILES string of the molecule is OP(O)O.O[P+](O)(O)CCCCCCCCCC(c1ccccc1)c1ccccc1. The molecule has 168 valence electrons. The summed E-state index contributed by atoms with van der Waals surface area (Å²) in [7, 11) is -6.17. The van der Waals surface area contributed by atoms with Gasteiger partial charge >= 0.3 is 16.5 Å². The van der Waals surface area contributed by atoms with E-state index < -0.39 is 16.5 Å². The summed E-state index contributed by atoms with van der Waals surface area (Å²) in [6.07, 6.45) is 8.90. The van der Waals surface area contributed by atoms with Gasteiger partial charge in [0.15, 0.2) is 0 Å². The lowest BCUT2D eigenvalue weighted by Crippen LogP contribution is -2.01. The standard InChI is InChI=1S/C22H32O3P.H3O3P/c23-26(24,25)19-13-5-3-1-2-4-12-18-22(20-14-8-6-9-15-20)21-16-10-7-11-17-21;1-4(2)3/h6-11,14-17,22-25H,1-5,12-13,18-19H2;1-3H/q+1;. The number of hydrogen-bond donors (Lipinski definition) is 6. The van der Waals surface area contributed by atoms with Crippen LogP contribution in [0.2, 0.25) is 0 Å². The molecule has 0 saturated carbocycles. The molecule has 0 aliphatic heterocycles. The van der Waals surface area contributed by atoms with E-state index in [1.54, 1.807) is 0 Å². The molecule has 0 heterocycles. The molecule has 0 amide bonds. The molecule has 6 N–H and O–H groups in total. The zero-order valence-electron chi connectivity index (χ0n) is 17.3. The average Bonchev–Trinajstić information content (AvgIpc) is 2.69. The molecular weight excluding hydrogens is 422 g/mol. The van der Waals surface area contributed by atoms with E-state index in [1.807, 2.05) is 0 Å². The lowest BCUT2D eigenvalue weighted by Gasteiger charge is -2.18. The molecule has 0 aliphatic carbocycles. The van der Waals surface area contributed by atoms with Gasteiger partial charge < -0.3 is 14.7 Å². The molecular formula is C22H35O6P2+. The van der Waals surface area contributed by atoms with Crippen LogP contribution in [-0.2, 0) is 0 Å². The first-order chi connectivity index (χ1) is 14.3. The second-order valence-corrected chi connectivity index (χ2v) is 9.69. The van der Waals surface area contributed by atoms with Crippen LogP contribution in [0, 0.1) is 0 Å². The van der Waals surface area contributed by atoms with Crippen molar-refractivity contribution in [3.63, 3.8) is 0 Å². The van der Waals surface area contributed by atoms with Gasteiger partial charge in [-0.15, -0.1) is 0 Å². The van der Waals surface area contributed by atoms with Gasteiger partial charge in [-0.1, -0.05) is 92.8 Å². The van der Waals surface area contributed by atoms with Crippen LogP contribution in [0.4, 0.5) is 0 Å². The predicted octanol–water partition coefficient (Wildman–Crippen LogP) is 4.87. The quantitative estimate of drug-likeness (QED) is 0.200. The molecule has 0 saturated heterocycles. The number of rotatable bonds is 12. The van der Waals surface area contributed by atoms with Gasteiger partial charge in [-0.25, -0.2) is 0 Å². The third kappa shape index (κ3) is 14.1. The van der Waals surface area contributed by atoms with Crippen molar-refractivity contribution in [1.29, 1.82) is 0 Å². The average molecular weight is 457 g/mol. The van der Waals surface area contributed by atoms with E-state index in [4.69, 9.17) is 29.4 Å². The molecule has 2 aromatic carbocycles. The van der Waals surface area contributed by atoms with Crippen molar-refractivity contribution < 1.29 is 29.4 Å². The molecule has 0 atom stereocenters. The van der Waals surface area contributed by atoms with Crippen molar-refractivity contribution in [2.75, 3.05) is 6.16 Å². The molecule has 8 heteroatoms. The van der Waals surface area contributed by atoms with Gasteiger partial charge in [0.1, 0.15) is 6.16 Å². The van der Waals surface area contributed by atoms with E-state index in [1.165, 1.54) is 43.2 Å². The molecule has 0 fully saturated rings. The normalized spacial score (nSPS) is 11.5. The van der Waals surface area contributed by atoms with E-state index in [0.717, 1.165) is 12.8 Å². The first-order valence-electron chi connectivity index (χ1n) is 10.3. The highest BCUT2D eigenvalue weighted by Gasteiger charge is 2.27. The molecule has 0 radical (unpaired) electrons. The number of unbranched alkanes of at least 4 members (excludes halogenated alkanes) is 6. The Labute approximate surface area is 181 Å². The van der Waals surface area contributed by atoms with Crippen molar-refractivity contribution in [2.24, 2.45) is 0 Å². The smallest absolute Gasteiger partial charge is 0.328 e. The summed E-state index contributed by atoms with van der Waals surface area (Å²) in [5, 5.41) is 0. The molecule has 0 aliphatic rings. The van der Waals surface area contributed by atoms with Crippen LogP contribution in [0.1, 0.15) is 68.4 Å². The first-order valence-corrected chi connectivity index (χ1v) is 13.4. The topological polar surface area (TPSA) is 121 Å². The van der Waals surface area contributed by atoms with Crippen LogP contribution in [0.15, 0.2) is 60.7 Å². The zero-order chi connectivity index (χ0) is 22.2. The third-order valence-electron chi connectivity index (χ3n) is 4.85. The van der Waals surface area contributed by atoms with E-state index in [2.05, 4.69) is 60.7 Å². The number of hydrogen-bond acceptors (Lipinski definition) is 6. The summed E-state index contributed by atoms with van der Waals surface area (Å²) in [4.78, 5) is 48.6. The van der Waals surface area contributed by atoms with E-state index in [0.29, 0.717) is 12.3 Å². The fraction of sp³-hybridized carbons (Fsp3) is 0.455. The maximum atomic E-state index is 8.95. The van der Waals surface area contributed by atoms with Crippen molar-refractivity contribution in [3.8, 4) is 0 Å². The van der Waals surface area contributed by atoms with Crippen LogP contribution in [-0.4, -0.2) is 35.5 Å². The van der Waals surface area contributed by atoms with Crippen molar-refractivity contribution in [1.82, 2.24) is 0 Å². The van der Waals surface area contributed by atoms with Gasteiger partial charge in [-0.05, 0) is 30.4 Å². The minimum atomic E-state index is -3.55. The van der Waals surface area contributed by atoms with Gasteiger partial charge in [0.2, 0.25) is 0 Å². The Morgan fingerprint density at radius 1 is 0.600 bits per heavy atom. The summed E-state index contributed by atoms with van der Waals surface area (Å²) >= 11 is 0. The Kier molecular flexibility index (Phi) is 14.3. The first kappa shape index (κ1) is 27.1. The van der Waals surface area contributed by atoms with Gasteiger partial charge in [0.25, 0.3) is 0 Å². The van der Waals surface area contributed by atoms with E-state index in [9.17, 15) is 0 Å². The van der Waals surface area contributed by atoms with Gasteiger partial charge in [-0.2, -0.15) is 14.7 Å². The maximum Gasteiger partial charge on any atom is 0.403 e. The minimum Gasteiger partial charge on any atom is -0.328 e. The molecule has 30 heavy (non-hydrogen) atoms. The van der Waals surface area contributed by atoms with Gasteiger partial charge in [0.05, 0.1) is 0 Å². The van der Waals surface area contributed by atoms with E-state index in [-0.39, 0.29) is 6.16 Å². The Hall–Kier alpha value is -0.940. The lowest BCUT2D eigenvalue weighted by molar-refractivity contribution is 0.328. The van der Waals surface area contributed by atoms with E-state index >= 15 is 0 Å². The zero-order valence-corrected chi connectivity index (χ0v) is 19.1. The molecule has 0 unspecified atom stereocenters. The van der Waals surface area contributed by atoms with Crippen LogP contribution in [0.3, 0.4) is 0 Å². The van der Waals surface area contributed by atoms with Crippen LogP contribution < -0.4 is 0 Å². The highest BCUT2D eigenvalue weighted by atomic mass is 31.2. The third-order valence-corrected chi connectivity index (χ3v) is 5.77. The highest BCUT2D eigenvalue weighted by Crippen LogP contribution is 2.45. The summed E-state index contributed by atoms with van der Waals surface area (Å²) in [6, 6.07) is 21.5. The summed E-state index contributed by atoms with van der Waals surface area (Å²) in [5.41, 5.74) is 2.78. The predicted molar refractivity (Wildman–Crippen MR) is 124 cm³/mol. The van der Waals surface area contributed by atoms with Crippen molar-refractivity contribution in [2.45, 2.75) is 57.3 Å². The molecule has 2 rings (SSSR count). The van der Waals surface area contributed by atoms with Gasteiger partial charge in [-0.3, -0.25) is 0 Å². The van der Waals surface area contributed by atoms with Crippen LogP contribution >= 0.6 is 16.5 Å². The van der Waals surface area contributed by atoms with Gasteiger partial charge in [0, 0.05) is 5.92 Å². The summed E-state index contributed by atoms with van der Waals surface area (Å²) in [6.45, 7) is 0. The summed E-state index contributed by atoms with van der Waals surface area (Å²) < 4.78 is 0. The Morgan fingerprint density at radius 3 is 1.37 bits per heavy atom. The molecule has 2 aromatic rings. The van der Waals surface area contributed by atoms with Crippen molar-refractivity contribution >= 4 is 16.5 Å². The fourth-order valence-corrected chi connectivity index (χ4v) is 4.10. The monoisotopic (exact) mass is 457 g/mol.